The van der Waals surface area contributed by atoms with Gasteiger partial charge in [0.25, 0.3) is 0 Å². The van der Waals surface area contributed by atoms with Crippen LogP contribution in [0.4, 0.5) is 0 Å². The van der Waals surface area contributed by atoms with E-state index in [4.69, 9.17) is 0 Å². The van der Waals surface area contributed by atoms with Crippen molar-refractivity contribution in [3.63, 3.8) is 0 Å². The molecular formula is C28H38P2. The molecule has 0 aromatic heterocycles. The van der Waals surface area contributed by atoms with Crippen LogP contribution in [0.15, 0.2) is 60.2 Å². The van der Waals surface area contributed by atoms with Crippen molar-refractivity contribution in [3.05, 3.63) is 71.3 Å². The fourth-order valence-corrected chi connectivity index (χ4v) is 7.34. The fourth-order valence-electron chi connectivity index (χ4n) is 5.06. The molecule has 0 aliphatic heterocycles. The lowest BCUT2D eigenvalue weighted by atomic mass is 9.83. The first-order valence-electron chi connectivity index (χ1n) is 12.0. The van der Waals surface area contributed by atoms with Gasteiger partial charge in [-0.2, -0.15) is 0 Å². The Labute approximate surface area is 187 Å². The Bertz CT molecular complexity index is 889. The molecule has 30 heavy (non-hydrogen) atoms. The largest absolute Gasteiger partial charge is 0.121 e. The zero-order valence-electron chi connectivity index (χ0n) is 18.8. The third-order valence-electron chi connectivity index (χ3n) is 7.00. The molecule has 4 unspecified atom stereocenters. The number of rotatable bonds is 9. The van der Waals surface area contributed by atoms with Crippen molar-refractivity contribution in [2.24, 2.45) is 11.8 Å². The van der Waals surface area contributed by atoms with E-state index in [-0.39, 0.29) is 0 Å². The lowest BCUT2D eigenvalue weighted by molar-refractivity contribution is 0.408. The van der Waals surface area contributed by atoms with E-state index in [1.54, 1.807) is 5.57 Å². The molecule has 0 amide bonds. The Hall–Kier alpha value is -0.960. The van der Waals surface area contributed by atoms with Gasteiger partial charge in [0.15, 0.2) is 0 Å². The molecule has 2 aromatic rings. The monoisotopic (exact) mass is 436 g/mol. The molecule has 0 saturated heterocycles. The van der Waals surface area contributed by atoms with E-state index in [9.17, 15) is 0 Å². The van der Waals surface area contributed by atoms with E-state index < -0.39 is 0 Å². The van der Waals surface area contributed by atoms with Crippen LogP contribution >= 0.6 is 17.2 Å². The number of fused-ring (bicyclic) bond motifs is 1. The van der Waals surface area contributed by atoms with E-state index >= 15 is 0 Å². The highest BCUT2D eigenvalue weighted by Gasteiger charge is 2.35. The van der Waals surface area contributed by atoms with Crippen molar-refractivity contribution in [1.29, 1.82) is 0 Å². The summed E-state index contributed by atoms with van der Waals surface area (Å²) in [6.07, 6.45) is 19.7. The van der Waals surface area contributed by atoms with Crippen molar-refractivity contribution < 1.29 is 0 Å². The zero-order valence-corrected chi connectivity index (χ0v) is 20.8. The van der Waals surface area contributed by atoms with Crippen molar-refractivity contribution in [1.82, 2.24) is 0 Å². The average Bonchev–Trinajstić information content (AvgIpc) is 3.54. The van der Waals surface area contributed by atoms with Gasteiger partial charge in [0, 0.05) is 0 Å². The lowest BCUT2D eigenvalue weighted by Gasteiger charge is -2.22. The maximum Gasteiger partial charge on any atom is -0.00978 e. The minimum atomic E-state index is 0.836. The normalized spacial score (nSPS) is 23.6. The maximum atomic E-state index is 2.49. The highest BCUT2D eigenvalue weighted by atomic mass is 31.1. The SMILES string of the molecule is C/C=C(\C=C/CC1CC1PCc1ccc2cc(CPC)ccc2c1)C1CCCCC1. The average molecular weight is 437 g/mol. The summed E-state index contributed by atoms with van der Waals surface area (Å²) in [5, 5.41) is 2.82. The highest BCUT2D eigenvalue weighted by molar-refractivity contribution is 7.38. The van der Waals surface area contributed by atoms with Gasteiger partial charge >= 0.3 is 0 Å². The van der Waals surface area contributed by atoms with Crippen molar-refractivity contribution in [2.45, 2.75) is 69.9 Å². The quantitative estimate of drug-likeness (QED) is 0.272. The van der Waals surface area contributed by atoms with E-state index in [2.05, 4.69) is 68.2 Å². The summed E-state index contributed by atoms with van der Waals surface area (Å²) in [7, 11) is 2.09. The maximum absolute atomic E-state index is 2.49. The standard InChI is InChI=1S/C28H38P2/c1-3-23(24-8-5-4-6-9-24)10-7-11-27-18-28(27)30-20-22-13-15-25-16-21(19-29-2)12-14-26(25)17-22/h3,7,10,12-17,24,27-30H,4-6,8-9,11,18-20H2,1-2H3/b10-7-,23-3+. The van der Waals surface area contributed by atoms with Crippen LogP contribution < -0.4 is 0 Å². The van der Waals surface area contributed by atoms with Gasteiger partial charge in [-0.3, -0.25) is 0 Å². The van der Waals surface area contributed by atoms with Gasteiger partial charge in [-0.15, -0.1) is 17.2 Å². The van der Waals surface area contributed by atoms with Crippen molar-refractivity contribution in [2.75, 3.05) is 6.66 Å². The van der Waals surface area contributed by atoms with Crippen LogP contribution in [0.25, 0.3) is 10.8 Å². The number of hydrogen-bond acceptors (Lipinski definition) is 0. The molecule has 0 spiro atoms. The molecule has 2 aliphatic rings. The molecule has 2 aromatic carbocycles. The highest BCUT2D eigenvalue weighted by Crippen LogP contribution is 2.49. The predicted molar refractivity (Wildman–Crippen MR) is 140 cm³/mol. The van der Waals surface area contributed by atoms with Crippen LogP contribution in [-0.4, -0.2) is 12.3 Å². The number of hydrogen-bond donors (Lipinski definition) is 0. The van der Waals surface area contributed by atoms with E-state index in [1.807, 2.05) is 0 Å². The summed E-state index contributed by atoms with van der Waals surface area (Å²) in [4.78, 5) is 0. The molecule has 0 nitrogen and oxygen atoms in total. The van der Waals surface area contributed by atoms with Crippen LogP contribution in [0.5, 0.6) is 0 Å². The molecule has 2 aliphatic carbocycles. The second-order valence-corrected chi connectivity index (χ2v) is 11.9. The van der Waals surface area contributed by atoms with E-state index in [1.165, 1.54) is 79.2 Å². The van der Waals surface area contributed by atoms with Gasteiger partial charge in [-0.25, -0.2) is 0 Å². The molecule has 4 rings (SSSR count). The van der Waals surface area contributed by atoms with E-state index in [0.717, 1.165) is 34.7 Å². The first kappa shape index (κ1) is 22.2. The molecule has 2 fully saturated rings. The Kier molecular flexibility index (Phi) is 8.21. The number of benzene rings is 2. The summed E-state index contributed by atoms with van der Waals surface area (Å²) in [6.45, 7) is 4.51. The van der Waals surface area contributed by atoms with Gasteiger partial charge in [0.1, 0.15) is 0 Å². The van der Waals surface area contributed by atoms with Crippen molar-refractivity contribution in [3.8, 4) is 0 Å². The third-order valence-corrected chi connectivity index (χ3v) is 9.61. The molecule has 2 heteroatoms. The van der Waals surface area contributed by atoms with Crippen molar-refractivity contribution >= 4 is 27.9 Å². The summed E-state index contributed by atoms with van der Waals surface area (Å²) in [6, 6.07) is 14.2. The van der Waals surface area contributed by atoms with Crippen LogP contribution in [0.3, 0.4) is 0 Å². The molecule has 4 atom stereocenters. The smallest absolute Gasteiger partial charge is 0.00978 e. The molecule has 0 heterocycles. The van der Waals surface area contributed by atoms with E-state index in [0.29, 0.717) is 0 Å². The first-order valence-corrected chi connectivity index (χ1v) is 15.0. The Balaban J connectivity index is 1.23. The summed E-state index contributed by atoms with van der Waals surface area (Å²) >= 11 is 0. The van der Waals surface area contributed by atoms with Gasteiger partial charge in [0.2, 0.25) is 0 Å². The minimum absolute atomic E-state index is 0.836. The van der Waals surface area contributed by atoms with Crippen LogP contribution in [0.1, 0.15) is 63.0 Å². The van der Waals surface area contributed by atoms with Crippen LogP contribution in [0.2, 0.25) is 0 Å². The van der Waals surface area contributed by atoms with Gasteiger partial charge in [-0.1, -0.05) is 73.9 Å². The van der Waals surface area contributed by atoms with Gasteiger partial charge in [-0.05, 0) is 96.6 Å². The molecule has 2 saturated carbocycles. The second kappa shape index (κ2) is 11.1. The fraction of sp³-hybridized carbons (Fsp3) is 0.500. The number of allylic oxidation sites excluding steroid dienone is 4. The Morgan fingerprint density at radius 1 is 0.967 bits per heavy atom. The third kappa shape index (κ3) is 6.05. The molecule has 160 valence electrons. The van der Waals surface area contributed by atoms with Gasteiger partial charge in [0.05, 0.1) is 0 Å². The zero-order chi connectivity index (χ0) is 20.8. The first-order chi connectivity index (χ1) is 14.8. The predicted octanol–water partition coefficient (Wildman–Crippen LogP) is 8.69. The molecule has 0 radical (unpaired) electrons. The summed E-state index contributed by atoms with van der Waals surface area (Å²) in [5.74, 6) is 1.78. The van der Waals surface area contributed by atoms with Gasteiger partial charge < -0.3 is 0 Å². The topological polar surface area (TPSA) is 0 Å². The molecule has 0 N–H and O–H groups in total. The lowest BCUT2D eigenvalue weighted by Crippen LogP contribution is -2.07. The van der Waals surface area contributed by atoms with Crippen LogP contribution in [0, 0.1) is 11.8 Å². The molecular weight excluding hydrogens is 398 g/mol. The summed E-state index contributed by atoms with van der Waals surface area (Å²) < 4.78 is 0. The second-order valence-electron chi connectivity index (χ2n) is 9.29. The van der Waals surface area contributed by atoms with Crippen LogP contribution in [-0.2, 0) is 12.3 Å². The Morgan fingerprint density at radius 2 is 1.67 bits per heavy atom. The summed E-state index contributed by atoms with van der Waals surface area (Å²) in [5.41, 5.74) is 5.59. The Morgan fingerprint density at radius 3 is 2.33 bits per heavy atom. The minimum Gasteiger partial charge on any atom is -0.121 e. The molecule has 0 bridgehead atoms.